The predicted octanol–water partition coefficient (Wildman–Crippen LogP) is 4.98. The van der Waals surface area contributed by atoms with Crippen molar-refractivity contribution in [3.8, 4) is 0 Å². The second kappa shape index (κ2) is 7.05. The molecule has 0 heteroatoms. The molecule has 0 saturated carbocycles. The Labute approximate surface area is 99.8 Å². The monoisotopic (exact) mass is 214 g/mol. The molecule has 86 valence electrons. The van der Waals surface area contributed by atoms with Gasteiger partial charge in [0.05, 0.1) is 0 Å². The minimum Gasteiger partial charge on any atom is -0.0991 e. The lowest BCUT2D eigenvalue weighted by Gasteiger charge is -2.07. The molecule has 0 nitrogen and oxygen atoms in total. The van der Waals surface area contributed by atoms with Gasteiger partial charge in [-0.15, -0.1) is 0 Å². The van der Waals surface area contributed by atoms with Crippen LogP contribution in [0.3, 0.4) is 0 Å². The summed E-state index contributed by atoms with van der Waals surface area (Å²) in [6.45, 7) is 8.17. The molecule has 0 fully saturated rings. The molecule has 0 aromatic heterocycles. The van der Waals surface area contributed by atoms with E-state index >= 15 is 0 Å². The van der Waals surface area contributed by atoms with Crippen LogP contribution in [0, 0.1) is 5.92 Å². The third-order valence-electron chi connectivity index (χ3n) is 2.51. The van der Waals surface area contributed by atoms with Crippen molar-refractivity contribution >= 4 is 0 Å². The summed E-state index contributed by atoms with van der Waals surface area (Å²) in [5.74, 6) is 0.601. The number of rotatable bonds is 5. The first kappa shape index (κ1) is 12.8. The van der Waals surface area contributed by atoms with Crippen LogP contribution in [0.1, 0.15) is 33.1 Å². The fourth-order valence-electron chi connectivity index (χ4n) is 1.68. The topological polar surface area (TPSA) is 0 Å². The highest BCUT2D eigenvalue weighted by Crippen LogP contribution is 2.19. The quantitative estimate of drug-likeness (QED) is 0.566. The summed E-state index contributed by atoms with van der Waals surface area (Å²) in [6.07, 6.45) is 18.6. The molecule has 0 aromatic carbocycles. The maximum atomic E-state index is 3.77. The van der Waals surface area contributed by atoms with Crippen molar-refractivity contribution in [2.75, 3.05) is 0 Å². The third-order valence-corrected chi connectivity index (χ3v) is 2.51. The molecule has 0 atom stereocenters. The van der Waals surface area contributed by atoms with Gasteiger partial charge >= 0.3 is 0 Å². The lowest BCUT2D eigenvalue weighted by atomic mass is 9.98. The van der Waals surface area contributed by atoms with Crippen molar-refractivity contribution < 1.29 is 0 Å². The summed E-state index contributed by atoms with van der Waals surface area (Å²) in [5, 5.41) is 0. The zero-order valence-corrected chi connectivity index (χ0v) is 10.4. The van der Waals surface area contributed by atoms with Gasteiger partial charge in [0, 0.05) is 0 Å². The van der Waals surface area contributed by atoms with E-state index in [1.165, 1.54) is 24.0 Å². The van der Waals surface area contributed by atoms with E-state index in [2.05, 4.69) is 56.9 Å². The molecule has 16 heavy (non-hydrogen) atoms. The molecule has 0 radical (unpaired) electrons. The second-order valence-corrected chi connectivity index (χ2v) is 4.52. The maximum absolute atomic E-state index is 3.77. The molecule has 0 spiro atoms. The Morgan fingerprint density at radius 2 is 2.25 bits per heavy atom. The molecule has 1 aliphatic rings. The van der Waals surface area contributed by atoms with E-state index in [-0.39, 0.29) is 0 Å². The first-order valence-corrected chi connectivity index (χ1v) is 6.07. The fraction of sp³-hybridized carbons (Fsp3) is 0.375. The molecular formula is C16H22. The average Bonchev–Trinajstić information content (AvgIpc) is 2.27. The molecule has 0 bridgehead atoms. The van der Waals surface area contributed by atoms with Gasteiger partial charge in [-0.3, -0.25) is 0 Å². The van der Waals surface area contributed by atoms with Crippen LogP contribution < -0.4 is 0 Å². The Morgan fingerprint density at radius 3 is 2.81 bits per heavy atom. The average molecular weight is 214 g/mol. The Kier molecular flexibility index (Phi) is 5.63. The van der Waals surface area contributed by atoms with Crippen LogP contribution in [0.2, 0.25) is 0 Å². The van der Waals surface area contributed by atoms with Crippen LogP contribution >= 0.6 is 0 Å². The molecule has 0 heterocycles. The van der Waals surface area contributed by atoms with Gasteiger partial charge in [-0.05, 0) is 36.3 Å². The predicted molar refractivity (Wildman–Crippen MR) is 73.3 cm³/mol. The highest BCUT2D eigenvalue weighted by atomic mass is 14.1. The minimum absolute atomic E-state index is 0.601. The highest BCUT2D eigenvalue weighted by molar-refractivity contribution is 5.34. The maximum Gasteiger partial charge on any atom is -0.00292 e. The molecule has 0 saturated heterocycles. The zero-order chi connectivity index (χ0) is 11.8. The first-order valence-electron chi connectivity index (χ1n) is 6.07. The van der Waals surface area contributed by atoms with Crippen molar-refractivity contribution in [2.45, 2.75) is 33.1 Å². The molecule has 0 unspecified atom stereocenters. The van der Waals surface area contributed by atoms with E-state index in [0.29, 0.717) is 5.92 Å². The molecule has 1 aliphatic carbocycles. The molecule has 0 N–H and O–H groups in total. The first-order chi connectivity index (χ1) is 7.72. The SMILES string of the molecule is C=C/C=C(\C=C/C(C)C)CC1=CCCC=C1. The number of hydrogen-bond acceptors (Lipinski definition) is 0. The van der Waals surface area contributed by atoms with Crippen LogP contribution in [0.15, 0.2) is 60.3 Å². The molecule has 0 amide bonds. The van der Waals surface area contributed by atoms with Crippen molar-refractivity contribution in [3.05, 3.63) is 60.3 Å². The second-order valence-electron chi connectivity index (χ2n) is 4.52. The Morgan fingerprint density at radius 1 is 1.44 bits per heavy atom. The summed E-state index contributed by atoms with van der Waals surface area (Å²) >= 11 is 0. The van der Waals surface area contributed by atoms with E-state index in [1.807, 2.05) is 6.08 Å². The van der Waals surface area contributed by atoms with Crippen molar-refractivity contribution in [1.82, 2.24) is 0 Å². The fourth-order valence-corrected chi connectivity index (χ4v) is 1.68. The van der Waals surface area contributed by atoms with Crippen LogP contribution in [-0.4, -0.2) is 0 Å². The summed E-state index contributed by atoms with van der Waals surface area (Å²) in [4.78, 5) is 0. The molecule has 1 rings (SSSR count). The van der Waals surface area contributed by atoms with E-state index in [9.17, 15) is 0 Å². The van der Waals surface area contributed by atoms with Gasteiger partial charge in [0.25, 0.3) is 0 Å². The summed E-state index contributed by atoms with van der Waals surface area (Å²) in [7, 11) is 0. The van der Waals surface area contributed by atoms with E-state index in [1.54, 1.807) is 0 Å². The lowest BCUT2D eigenvalue weighted by molar-refractivity contribution is 0.830. The van der Waals surface area contributed by atoms with Crippen LogP contribution in [-0.2, 0) is 0 Å². The molecule has 0 aliphatic heterocycles. The largest absolute Gasteiger partial charge is 0.0991 e. The number of hydrogen-bond donors (Lipinski definition) is 0. The summed E-state index contributed by atoms with van der Waals surface area (Å²) in [6, 6.07) is 0. The lowest BCUT2D eigenvalue weighted by Crippen LogP contribution is -1.88. The standard InChI is InChI=1S/C16H22/c1-4-8-15(12-11-14(2)3)13-16-9-6-5-7-10-16/h4,6,8-12,14H,1,5,7,13H2,2-3H3/b12-11-,15-8+. The van der Waals surface area contributed by atoms with Gasteiger partial charge in [0.15, 0.2) is 0 Å². The smallest absolute Gasteiger partial charge is 0.00292 e. The van der Waals surface area contributed by atoms with Gasteiger partial charge in [0.1, 0.15) is 0 Å². The highest BCUT2D eigenvalue weighted by Gasteiger charge is 1.99. The van der Waals surface area contributed by atoms with E-state index < -0.39 is 0 Å². The van der Waals surface area contributed by atoms with Gasteiger partial charge in [-0.1, -0.05) is 63.0 Å². The van der Waals surface area contributed by atoms with Gasteiger partial charge < -0.3 is 0 Å². The van der Waals surface area contributed by atoms with Crippen molar-refractivity contribution in [2.24, 2.45) is 5.92 Å². The van der Waals surface area contributed by atoms with Gasteiger partial charge in [-0.25, -0.2) is 0 Å². The van der Waals surface area contributed by atoms with Gasteiger partial charge in [-0.2, -0.15) is 0 Å². The zero-order valence-electron chi connectivity index (χ0n) is 10.4. The van der Waals surface area contributed by atoms with Crippen LogP contribution in [0.5, 0.6) is 0 Å². The third kappa shape index (κ3) is 4.97. The number of allylic oxidation sites excluding steroid dienone is 9. The molecule has 0 aromatic rings. The van der Waals surface area contributed by atoms with Crippen LogP contribution in [0.25, 0.3) is 0 Å². The van der Waals surface area contributed by atoms with E-state index in [0.717, 1.165) is 6.42 Å². The van der Waals surface area contributed by atoms with Crippen molar-refractivity contribution in [1.29, 1.82) is 0 Å². The normalized spacial score (nSPS) is 16.9. The van der Waals surface area contributed by atoms with Crippen LogP contribution in [0.4, 0.5) is 0 Å². The van der Waals surface area contributed by atoms with Crippen molar-refractivity contribution in [3.63, 3.8) is 0 Å². The minimum atomic E-state index is 0.601. The Bertz CT molecular complexity index is 335. The summed E-state index contributed by atoms with van der Waals surface area (Å²) < 4.78 is 0. The van der Waals surface area contributed by atoms with Gasteiger partial charge in [0.2, 0.25) is 0 Å². The Hall–Kier alpha value is -1.30. The summed E-state index contributed by atoms with van der Waals surface area (Å²) in [5.41, 5.74) is 2.76. The molecular weight excluding hydrogens is 192 g/mol. The Balaban J connectivity index is 2.65. The van der Waals surface area contributed by atoms with E-state index in [4.69, 9.17) is 0 Å².